The minimum atomic E-state index is 0. The van der Waals surface area contributed by atoms with Crippen LogP contribution in [0.15, 0.2) is 0 Å². The fourth-order valence-electron chi connectivity index (χ4n) is 9.11. The van der Waals surface area contributed by atoms with Crippen LogP contribution in [0.5, 0.6) is 0 Å². The highest BCUT2D eigenvalue weighted by molar-refractivity contribution is 4.69. The van der Waals surface area contributed by atoms with E-state index in [1.165, 1.54) is 193 Å². The topological polar surface area (TPSA) is 80.3 Å². The maximum absolute atomic E-state index is 2.72. The Morgan fingerprint density at radius 2 is 0.325 bits per heavy atom. The van der Waals surface area contributed by atoms with Gasteiger partial charge in [-0.1, -0.05) is 38.5 Å². The SMILES string of the molecule is C1CCC([NH2+]C2CCCCC2)CC1.C1CCC([NH2+]C2CCCCC2)CC1.C1CCC([NH2+]C2CCCCC2)CC1.[N-3]. The van der Waals surface area contributed by atoms with Crippen molar-refractivity contribution in [3.05, 3.63) is 6.15 Å². The van der Waals surface area contributed by atoms with Crippen LogP contribution in [0.3, 0.4) is 0 Å². The quantitative estimate of drug-likeness (QED) is 0.315. The second-order valence-electron chi connectivity index (χ2n) is 15.0. The van der Waals surface area contributed by atoms with Gasteiger partial charge in [-0.25, -0.2) is 0 Å². The lowest BCUT2D eigenvalue weighted by Gasteiger charge is -3.00. The fraction of sp³-hybridized carbons (Fsp3) is 1.00. The summed E-state index contributed by atoms with van der Waals surface area (Å²) in [6.07, 6.45) is 44.9. The third kappa shape index (κ3) is 14.3. The maximum Gasteiger partial charge on any atom is 0.0861 e. The molecule has 4 heteroatoms. The average Bonchev–Trinajstić information content (AvgIpc) is 3.01. The smallest absolute Gasteiger partial charge is 0.0861 e. The third-order valence-corrected chi connectivity index (χ3v) is 11.5. The minimum Gasteiger partial charge on any atom is -3.00 e. The number of nitrogens with zero attached hydrogens (tertiary/aromatic N) is 1. The first-order chi connectivity index (χ1) is 19.3. The van der Waals surface area contributed by atoms with Gasteiger partial charge in [0, 0.05) is 0 Å². The van der Waals surface area contributed by atoms with Gasteiger partial charge in [0.1, 0.15) is 0 Å². The van der Waals surface area contributed by atoms with E-state index in [1.54, 1.807) is 0 Å². The second-order valence-corrected chi connectivity index (χ2v) is 15.0. The molecule has 236 valence electrons. The molecule has 0 atom stereocenters. The van der Waals surface area contributed by atoms with Crippen molar-refractivity contribution in [1.29, 1.82) is 0 Å². The van der Waals surface area contributed by atoms with Gasteiger partial charge in [0.15, 0.2) is 0 Å². The van der Waals surface area contributed by atoms with Crippen molar-refractivity contribution in [3.8, 4) is 0 Å². The first-order valence-corrected chi connectivity index (χ1v) is 18.9. The van der Waals surface area contributed by atoms with E-state index in [4.69, 9.17) is 0 Å². The molecule has 0 amide bonds. The van der Waals surface area contributed by atoms with E-state index in [9.17, 15) is 0 Å². The van der Waals surface area contributed by atoms with E-state index < -0.39 is 0 Å². The Kier molecular flexibility index (Phi) is 18.5. The molecule has 0 saturated heterocycles. The molecule has 0 spiro atoms. The van der Waals surface area contributed by atoms with Gasteiger partial charge < -0.3 is 22.1 Å². The van der Waals surface area contributed by atoms with Gasteiger partial charge in [0.05, 0.1) is 36.3 Å². The lowest BCUT2D eigenvalue weighted by molar-refractivity contribution is -0.726. The Balaban J connectivity index is 0.000000163. The molecule has 0 aromatic heterocycles. The lowest BCUT2D eigenvalue weighted by atomic mass is 9.91. The summed E-state index contributed by atoms with van der Waals surface area (Å²) in [5, 5.41) is 8.16. The Morgan fingerprint density at radius 1 is 0.200 bits per heavy atom. The Morgan fingerprint density at radius 3 is 0.450 bits per heavy atom. The van der Waals surface area contributed by atoms with Crippen molar-refractivity contribution >= 4 is 0 Å². The van der Waals surface area contributed by atoms with E-state index >= 15 is 0 Å². The van der Waals surface area contributed by atoms with E-state index in [0.717, 1.165) is 36.3 Å². The fourth-order valence-corrected chi connectivity index (χ4v) is 9.11. The van der Waals surface area contributed by atoms with Crippen LogP contribution in [0.1, 0.15) is 193 Å². The number of hydrogen-bond acceptors (Lipinski definition) is 0. The van der Waals surface area contributed by atoms with Gasteiger partial charge in [-0.3, -0.25) is 0 Å². The van der Waals surface area contributed by atoms with Crippen LogP contribution in [-0.4, -0.2) is 36.3 Å². The highest BCUT2D eigenvalue weighted by atomic mass is 15.0. The van der Waals surface area contributed by atoms with Gasteiger partial charge in [-0.2, -0.15) is 0 Å². The monoisotopic (exact) mass is 561 g/mol. The van der Waals surface area contributed by atoms with Crippen LogP contribution in [-0.2, 0) is 0 Å². The molecule has 0 heterocycles. The standard InChI is InChI=1S/3C12H23N.N/c3*1-3-7-11(8-4-1)13-12-9-5-2-6-10-12;/h3*11-13H,1-10H2;/q;;;-3/p+3. The van der Waals surface area contributed by atoms with E-state index in [2.05, 4.69) is 16.0 Å². The molecule has 0 radical (unpaired) electrons. The van der Waals surface area contributed by atoms with Crippen LogP contribution in [0.2, 0.25) is 0 Å². The lowest BCUT2D eigenvalue weighted by Crippen LogP contribution is -2.95. The van der Waals surface area contributed by atoms with E-state index in [1.807, 2.05) is 0 Å². The third-order valence-electron chi connectivity index (χ3n) is 11.5. The Hall–Kier alpha value is -0.160. The number of hydrogen-bond donors (Lipinski definition) is 3. The van der Waals surface area contributed by atoms with E-state index in [-0.39, 0.29) is 6.15 Å². The van der Waals surface area contributed by atoms with Gasteiger partial charge in [-0.05, 0) is 154 Å². The van der Waals surface area contributed by atoms with Crippen LogP contribution in [0.25, 0.3) is 6.15 Å². The molecule has 0 aromatic rings. The van der Waals surface area contributed by atoms with Crippen molar-refractivity contribution in [2.24, 2.45) is 0 Å². The highest BCUT2D eigenvalue weighted by Crippen LogP contribution is 2.20. The zero-order chi connectivity index (χ0) is 26.8. The maximum atomic E-state index is 2.72. The van der Waals surface area contributed by atoms with Crippen molar-refractivity contribution in [1.82, 2.24) is 0 Å². The predicted octanol–water partition coefficient (Wildman–Crippen LogP) is 6.93. The Labute approximate surface area is 250 Å². The zero-order valence-electron chi connectivity index (χ0n) is 26.9. The van der Waals surface area contributed by atoms with Crippen LogP contribution >= 0.6 is 0 Å². The summed E-state index contributed by atoms with van der Waals surface area (Å²) >= 11 is 0. The van der Waals surface area contributed by atoms with Gasteiger partial charge in [0.25, 0.3) is 0 Å². The first-order valence-electron chi connectivity index (χ1n) is 18.9. The molecular weight excluding hydrogens is 488 g/mol. The summed E-state index contributed by atoms with van der Waals surface area (Å²) in [7, 11) is 0. The first kappa shape index (κ1) is 34.3. The van der Waals surface area contributed by atoms with Crippen LogP contribution in [0, 0.1) is 0 Å². The molecule has 0 bridgehead atoms. The number of quaternary nitrogens is 3. The summed E-state index contributed by atoms with van der Waals surface area (Å²) in [6, 6.07) is 5.98. The summed E-state index contributed by atoms with van der Waals surface area (Å²) < 4.78 is 0. The summed E-state index contributed by atoms with van der Waals surface area (Å²) in [5.41, 5.74) is 0. The summed E-state index contributed by atoms with van der Waals surface area (Å²) in [4.78, 5) is 0. The predicted molar refractivity (Wildman–Crippen MR) is 170 cm³/mol. The minimum absolute atomic E-state index is 0. The van der Waals surface area contributed by atoms with Gasteiger partial charge in [-0.15, -0.1) is 0 Å². The molecule has 40 heavy (non-hydrogen) atoms. The summed E-state index contributed by atoms with van der Waals surface area (Å²) in [6.45, 7) is 0. The van der Waals surface area contributed by atoms with E-state index in [0.29, 0.717) is 0 Å². The molecule has 6 aliphatic carbocycles. The Bertz CT molecular complexity index is 433. The molecule has 6 fully saturated rings. The molecule has 0 aliphatic heterocycles. The largest absolute Gasteiger partial charge is 3.00 e. The molecule has 6 saturated carbocycles. The van der Waals surface area contributed by atoms with Crippen LogP contribution < -0.4 is 16.0 Å². The van der Waals surface area contributed by atoms with Crippen molar-refractivity contribution in [3.63, 3.8) is 0 Å². The van der Waals surface area contributed by atoms with Gasteiger partial charge >= 0.3 is 0 Å². The zero-order valence-corrected chi connectivity index (χ0v) is 26.9. The number of rotatable bonds is 6. The summed E-state index contributed by atoms with van der Waals surface area (Å²) in [5.74, 6) is 0. The molecule has 6 N–H and O–H groups in total. The molecule has 6 rings (SSSR count). The number of nitrogens with two attached hydrogens (primary N) is 3. The molecule has 0 unspecified atom stereocenters. The van der Waals surface area contributed by atoms with Crippen molar-refractivity contribution in [2.45, 2.75) is 229 Å². The molecule has 6 aliphatic rings. The van der Waals surface area contributed by atoms with Crippen molar-refractivity contribution in [2.75, 3.05) is 0 Å². The van der Waals surface area contributed by atoms with Gasteiger partial charge in [0.2, 0.25) is 0 Å². The molecule has 4 nitrogen and oxygen atoms in total. The molecule has 0 aromatic carbocycles. The second kappa shape index (κ2) is 21.5. The normalized spacial score (nSPS) is 27.0. The average molecular weight is 561 g/mol. The van der Waals surface area contributed by atoms with Crippen molar-refractivity contribution < 1.29 is 16.0 Å². The highest BCUT2D eigenvalue weighted by Gasteiger charge is 2.25. The van der Waals surface area contributed by atoms with Crippen LogP contribution in [0.4, 0.5) is 0 Å². The molecular formula is C36H72N4.